The molecule has 1 aliphatic rings. The molecule has 2 aromatic rings. The van der Waals surface area contributed by atoms with Gasteiger partial charge in [0, 0.05) is 38.8 Å². The number of likely N-dealkylation sites (N-methyl/N-ethyl adjacent to an activating group) is 1. The smallest absolute Gasteiger partial charge is 0.222 e. The van der Waals surface area contributed by atoms with Crippen molar-refractivity contribution in [1.29, 1.82) is 0 Å². The highest BCUT2D eigenvalue weighted by Crippen LogP contribution is 2.25. The van der Waals surface area contributed by atoms with Crippen LogP contribution >= 0.6 is 11.3 Å². The minimum Gasteiger partial charge on any atom is -0.370 e. The molecule has 0 saturated carbocycles. The summed E-state index contributed by atoms with van der Waals surface area (Å²) in [6, 6.07) is 6.03. The summed E-state index contributed by atoms with van der Waals surface area (Å²) >= 11 is 1.66. The number of piperazine rings is 1. The maximum atomic E-state index is 5.83. The van der Waals surface area contributed by atoms with E-state index < -0.39 is 0 Å². The number of anilines is 2. The maximum absolute atomic E-state index is 5.83. The lowest BCUT2D eigenvalue weighted by Crippen LogP contribution is -2.44. The van der Waals surface area contributed by atoms with Gasteiger partial charge in [-0.2, -0.15) is 4.98 Å². The molecular formula is C16H24N6S. The summed E-state index contributed by atoms with van der Waals surface area (Å²) in [6.45, 7) is 6.69. The average molecular weight is 332 g/mol. The fourth-order valence-corrected chi connectivity index (χ4v) is 3.38. The minimum absolute atomic E-state index is 0.317. The highest BCUT2D eigenvalue weighted by molar-refractivity contribution is 7.13. The summed E-state index contributed by atoms with van der Waals surface area (Å²) in [5.41, 5.74) is 6.71. The summed E-state index contributed by atoms with van der Waals surface area (Å²) < 4.78 is 0. The van der Waals surface area contributed by atoms with E-state index in [1.165, 1.54) is 26.2 Å². The summed E-state index contributed by atoms with van der Waals surface area (Å²) in [4.78, 5) is 14.6. The zero-order valence-corrected chi connectivity index (χ0v) is 14.4. The Morgan fingerprint density at radius 1 is 1.26 bits per heavy atom. The number of nitrogens with two attached hydrogens (primary N) is 1. The van der Waals surface area contributed by atoms with Crippen LogP contribution in [0.4, 0.5) is 11.8 Å². The number of nitrogens with zero attached hydrogens (tertiary/aromatic N) is 4. The maximum Gasteiger partial charge on any atom is 0.222 e. The Hall–Kier alpha value is -1.70. The lowest BCUT2D eigenvalue weighted by molar-refractivity contribution is 0.154. The fraction of sp³-hybridized carbons (Fsp3) is 0.500. The molecule has 1 fully saturated rings. The number of thiophene rings is 1. The highest BCUT2D eigenvalue weighted by Gasteiger charge is 2.12. The van der Waals surface area contributed by atoms with Crippen molar-refractivity contribution in [1.82, 2.24) is 19.8 Å². The van der Waals surface area contributed by atoms with E-state index >= 15 is 0 Å². The molecule has 3 heterocycles. The van der Waals surface area contributed by atoms with Crippen molar-refractivity contribution in [2.45, 2.75) is 6.42 Å². The van der Waals surface area contributed by atoms with E-state index in [1.807, 2.05) is 23.6 Å². The van der Waals surface area contributed by atoms with Crippen LogP contribution in [0.15, 0.2) is 23.6 Å². The van der Waals surface area contributed by atoms with Crippen LogP contribution in [0.3, 0.4) is 0 Å². The van der Waals surface area contributed by atoms with Crippen LogP contribution in [-0.4, -0.2) is 66.1 Å². The second kappa shape index (κ2) is 7.72. The number of rotatable bonds is 6. The first-order valence-electron chi connectivity index (χ1n) is 8.04. The molecule has 0 bridgehead atoms. The highest BCUT2D eigenvalue weighted by atomic mass is 32.1. The van der Waals surface area contributed by atoms with Gasteiger partial charge in [-0.3, -0.25) is 0 Å². The lowest BCUT2D eigenvalue weighted by atomic mass is 10.3. The van der Waals surface area contributed by atoms with Gasteiger partial charge in [-0.25, -0.2) is 4.98 Å². The molecule has 1 aliphatic heterocycles. The molecule has 2 aromatic heterocycles. The Labute approximate surface area is 141 Å². The van der Waals surface area contributed by atoms with Gasteiger partial charge in [-0.05, 0) is 31.5 Å². The Kier molecular flexibility index (Phi) is 5.43. The van der Waals surface area contributed by atoms with Gasteiger partial charge in [-0.15, -0.1) is 11.3 Å². The summed E-state index contributed by atoms with van der Waals surface area (Å²) in [5, 5.41) is 5.41. The zero-order valence-electron chi connectivity index (χ0n) is 13.5. The predicted octanol–water partition coefficient (Wildman–Crippen LogP) is 1.84. The van der Waals surface area contributed by atoms with Crippen LogP contribution < -0.4 is 11.1 Å². The van der Waals surface area contributed by atoms with E-state index in [0.29, 0.717) is 5.95 Å². The van der Waals surface area contributed by atoms with Crippen LogP contribution in [0.5, 0.6) is 0 Å². The number of hydrogen-bond donors (Lipinski definition) is 2. The molecule has 0 radical (unpaired) electrons. The molecular weight excluding hydrogens is 308 g/mol. The SMILES string of the molecule is CN1CCN(CCCNc2cc(-c3cccs3)nc(N)n2)CC1. The molecule has 0 spiro atoms. The molecule has 0 aliphatic carbocycles. The zero-order chi connectivity index (χ0) is 16.1. The van der Waals surface area contributed by atoms with E-state index in [2.05, 4.69) is 32.1 Å². The van der Waals surface area contributed by atoms with Crippen molar-refractivity contribution >= 4 is 23.1 Å². The standard InChI is InChI=1S/C16H24N6S/c1-21-7-9-22(10-8-21)6-3-5-18-15-12-13(19-16(17)20-15)14-4-2-11-23-14/h2,4,11-12H,3,5-10H2,1H3,(H3,17,18,19,20). The largest absolute Gasteiger partial charge is 0.370 e. The third kappa shape index (κ3) is 4.63. The van der Waals surface area contributed by atoms with E-state index in [1.54, 1.807) is 11.3 Å². The average Bonchev–Trinajstić information content (AvgIpc) is 3.07. The molecule has 23 heavy (non-hydrogen) atoms. The second-order valence-corrected chi connectivity index (χ2v) is 6.85. The molecule has 6 nitrogen and oxygen atoms in total. The number of nitrogens with one attached hydrogen (secondary N) is 1. The molecule has 0 unspecified atom stereocenters. The molecule has 0 aromatic carbocycles. The van der Waals surface area contributed by atoms with Crippen molar-refractivity contribution in [3.63, 3.8) is 0 Å². The van der Waals surface area contributed by atoms with E-state index in [0.717, 1.165) is 35.9 Å². The van der Waals surface area contributed by atoms with Gasteiger partial charge < -0.3 is 20.9 Å². The number of aromatic nitrogens is 2. The van der Waals surface area contributed by atoms with Crippen LogP contribution in [0.1, 0.15) is 6.42 Å². The van der Waals surface area contributed by atoms with Crippen LogP contribution in [0.2, 0.25) is 0 Å². The van der Waals surface area contributed by atoms with Gasteiger partial charge in [0.05, 0.1) is 10.6 Å². The second-order valence-electron chi connectivity index (χ2n) is 5.90. The van der Waals surface area contributed by atoms with Crippen LogP contribution in [-0.2, 0) is 0 Å². The summed E-state index contributed by atoms with van der Waals surface area (Å²) in [5.74, 6) is 1.12. The first-order valence-corrected chi connectivity index (χ1v) is 8.92. The van der Waals surface area contributed by atoms with E-state index in [9.17, 15) is 0 Å². The topological polar surface area (TPSA) is 70.3 Å². The van der Waals surface area contributed by atoms with Crippen LogP contribution in [0, 0.1) is 0 Å². The van der Waals surface area contributed by atoms with Crippen molar-refractivity contribution in [3.05, 3.63) is 23.6 Å². The third-order valence-corrected chi connectivity index (χ3v) is 4.96. The van der Waals surface area contributed by atoms with E-state index in [-0.39, 0.29) is 0 Å². The molecule has 3 rings (SSSR count). The monoisotopic (exact) mass is 332 g/mol. The Morgan fingerprint density at radius 3 is 2.83 bits per heavy atom. The molecule has 3 N–H and O–H groups in total. The van der Waals surface area contributed by atoms with Crippen molar-refractivity contribution in [2.24, 2.45) is 0 Å². The van der Waals surface area contributed by atoms with E-state index in [4.69, 9.17) is 5.73 Å². The van der Waals surface area contributed by atoms with Gasteiger partial charge in [-0.1, -0.05) is 6.07 Å². The Morgan fingerprint density at radius 2 is 2.09 bits per heavy atom. The molecule has 0 atom stereocenters. The molecule has 7 heteroatoms. The first kappa shape index (κ1) is 16.2. The minimum atomic E-state index is 0.317. The summed E-state index contributed by atoms with van der Waals surface area (Å²) in [6.07, 6.45) is 1.10. The molecule has 0 amide bonds. The van der Waals surface area contributed by atoms with Crippen molar-refractivity contribution in [2.75, 3.05) is 57.4 Å². The lowest BCUT2D eigenvalue weighted by Gasteiger charge is -2.32. The Bertz CT molecular complexity index is 607. The van der Waals surface area contributed by atoms with Gasteiger partial charge in [0.1, 0.15) is 5.82 Å². The van der Waals surface area contributed by atoms with Gasteiger partial charge >= 0.3 is 0 Å². The van der Waals surface area contributed by atoms with Gasteiger partial charge in [0.2, 0.25) is 5.95 Å². The van der Waals surface area contributed by atoms with Gasteiger partial charge in [0.25, 0.3) is 0 Å². The normalized spacial score (nSPS) is 16.6. The van der Waals surface area contributed by atoms with Crippen LogP contribution in [0.25, 0.3) is 10.6 Å². The number of nitrogen functional groups attached to an aromatic ring is 1. The van der Waals surface area contributed by atoms with Gasteiger partial charge in [0.15, 0.2) is 0 Å². The quantitative estimate of drug-likeness (QED) is 0.787. The molecule has 1 saturated heterocycles. The van der Waals surface area contributed by atoms with Crippen molar-refractivity contribution in [3.8, 4) is 10.6 Å². The third-order valence-electron chi connectivity index (χ3n) is 4.07. The Balaban J connectivity index is 1.48. The first-order chi connectivity index (χ1) is 11.2. The molecule has 124 valence electrons. The summed E-state index contributed by atoms with van der Waals surface area (Å²) in [7, 11) is 2.18. The van der Waals surface area contributed by atoms with Crippen molar-refractivity contribution < 1.29 is 0 Å². The number of hydrogen-bond acceptors (Lipinski definition) is 7. The fourth-order valence-electron chi connectivity index (χ4n) is 2.70. The predicted molar refractivity (Wildman–Crippen MR) is 96.8 cm³/mol.